The first-order chi connectivity index (χ1) is 16.3. The minimum absolute atomic E-state index is 0.175. The van der Waals surface area contributed by atoms with Crippen molar-refractivity contribution < 1.29 is 14.7 Å². The highest BCUT2D eigenvalue weighted by atomic mass is 32.1. The number of hydrogen-bond donors (Lipinski definition) is 4. The molecule has 0 spiro atoms. The zero-order valence-corrected chi connectivity index (χ0v) is 21.5. The van der Waals surface area contributed by atoms with Crippen LogP contribution >= 0.6 is 11.3 Å². The normalized spacial score (nSPS) is 12.2. The van der Waals surface area contributed by atoms with Crippen molar-refractivity contribution in [3.8, 4) is 6.07 Å². The molecule has 10 nitrogen and oxygen atoms in total. The summed E-state index contributed by atoms with van der Waals surface area (Å²) >= 11 is 0.963. The van der Waals surface area contributed by atoms with Gasteiger partial charge in [0.2, 0.25) is 5.91 Å². The van der Waals surface area contributed by atoms with Crippen molar-refractivity contribution in [1.29, 1.82) is 5.26 Å². The largest absolute Gasteiger partial charge is 0.394 e. The Kier molecular flexibility index (Phi) is 8.77. The standard InChI is InChI=1S/C24H30N6O4S/c1-7-30-20(33)16(35-21(30)15(13-25)19(32)29-24(5,6)14-31)11-12-26-17-9-8-10-18(27-17)28-22(34)23(2,3)4/h8-10,12,31H,7,14H2,1-6H3,(H,29,32)(H2,26,27,28,34)/b21-15-. The molecule has 0 fully saturated rings. The quantitative estimate of drug-likeness (QED) is 0.443. The average molecular weight is 499 g/mol. The molecule has 0 aliphatic heterocycles. The molecule has 35 heavy (non-hydrogen) atoms. The van der Waals surface area contributed by atoms with Crippen LogP contribution in [0.3, 0.4) is 0 Å². The Morgan fingerprint density at radius 3 is 2.46 bits per heavy atom. The van der Waals surface area contributed by atoms with Gasteiger partial charge in [0.05, 0.1) is 12.1 Å². The van der Waals surface area contributed by atoms with E-state index in [1.54, 1.807) is 59.7 Å². The van der Waals surface area contributed by atoms with Gasteiger partial charge in [-0.25, -0.2) is 4.98 Å². The van der Waals surface area contributed by atoms with E-state index in [1.165, 1.54) is 10.8 Å². The molecule has 2 heterocycles. The van der Waals surface area contributed by atoms with E-state index in [1.807, 2.05) is 6.07 Å². The Balaban J connectivity index is 2.44. The lowest BCUT2D eigenvalue weighted by Gasteiger charge is -2.22. The van der Waals surface area contributed by atoms with Crippen LogP contribution < -0.4 is 30.7 Å². The fourth-order valence-corrected chi connectivity index (χ4v) is 3.72. The lowest BCUT2D eigenvalue weighted by molar-refractivity contribution is -0.123. The van der Waals surface area contributed by atoms with Crippen LogP contribution in [0.4, 0.5) is 11.6 Å². The highest BCUT2D eigenvalue weighted by Crippen LogP contribution is 2.17. The highest BCUT2D eigenvalue weighted by Gasteiger charge is 2.23. The number of hydrogen-bond acceptors (Lipinski definition) is 8. The topological polar surface area (TPSA) is 149 Å². The molecule has 0 unspecified atom stereocenters. The van der Waals surface area contributed by atoms with Gasteiger partial charge in [0.1, 0.15) is 26.9 Å². The summed E-state index contributed by atoms with van der Waals surface area (Å²) in [4.78, 5) is 41.9. The molecule has 4 N–H and O–H groups in total. The van der Waals surface area contributed by atoms with E-state index in [0.29, 0.717) is 11.6 Å². The molecule has 0 atom stereocenters. The van der Waals surface area contributed by atoms with Gasteiger partial charge in [0.25, 0.3) is 11.5 Å². The van der Waals surface area contributed by atoms with Gasteiger partial charge in [-0.2, -0.15) is 5.26 Å². The minimum Gasteiger partial charge on any atom is -0.394 e. The first-order valence-corrected chi connectivity index (χ1v) is 11.7. The third-order valence-electron chi connectivity index (χ3n) is 4.69. The van der Waals surface area contributed by atoms with E-state index in [4.69, 9.17) is 0 Å². The Hall–Kier alpha value is -3.71. The van der Waals surface area contributed by atoms with Crippen molar-refractivity contribution in [2.75, 3.05) is 17.2 Å². The van der Waals surface area contributed by atoms with Crippen LogP contribution in [0.15, 0.2) is 29.2 Å². The van der Waals surface area contributed by atoms with Gasteiger partial charge in [-0.05, 0) is 32.9 Å². The van der Waals surface area contributed by atoms with Crippen molar-refractivity contribution in [3.63, 3.8) is 0 Å². The number of aliphatic hydroxyl groups excluding tert-OH is 1. The molecule has 0 aromatic carbocycles. The Labute approximate surface area is 207 Å². The summed E-state index contributed by atoms with van der Waals surface area (Å²) in [6.45, 7) is 10.3. The first kappa shape index (κ1) is 27.5. The monoisotopic (exact) mass is 498 g/mol. The molecule has 186 valence electrons. The molecule has 2 rings (SSSR count). The second-order valence-electron chi connectivity index (χ2n) is 9.31. The van der Waals surface area contributed by atoms with Gasteiger partial charge in [-0.1, -0.05) is 32.6 Å². The number of thiazole rings is 1. The van der Waals surface area contributed by atoms with E-state index in [0.717, 1.165) is 11.3 Å². The molecule has 0 bridgehead atoms. The number of pyridine rings is 1. The number of nitrogens with zero attached hydrogens (tertiary/aromatic N) is 3. The number of nitriles is 1. The first-order valence-electron chi connectivity index (χ1n) is 10.9. The van der Waals surface area contributed by atoms with Crippen molar-refractivity contribution in [1.82, 2.24) is 14.9 Å². The van der Waals surface area contributed by atoms with Crippen LogP contribution in [0.1, 0.15) is 41.5 Å². The molecule has 2 amide bonds. The number of rotatable bonds is 7. The fraction of sp³-hybridized carbons (Fsp3) is 0.417. The van der Waals surface area contributed by atoms with Crippen LogP contribution in [-0.2, 0) is 16.1 Å². The highest BCUT2D eigenvalue weighted by molar-refractivity contribution is 7.07. The van der Waals surface area contributed by atoms with Gasteiger partial charge in [-0.3, -0.25) is 19.0 Å². The average Bonchev–Trinajstić information content (AvgIpc) is 3.08. The van der Waals surface area contributed by atoms with Gasteiger partial charge in [0.15, 0.2) is 5.57 Å². The molecule has 2 aromatic heterocycles. The molecule has 0 saturated carbocycles. The van der Waals surface area contributed by atoms with Gasteiger partial charge < -0.3 is 21.1 Å². The third-order valence-corrected chi connectivity index (χ3v) is 5.81. The zero-order valence-electron chi connectivity index (χ0n) is 20.6. The summed E-state index contributed by atoms with van der Waals surface area (Å²) in [5.41, 5.74) is 0.727. The van der Waals surface area contributed by atoms with E-state index >= 15 is 0 Å². The maximum atomic E-state index is 12.8. The van der Waals surface area contributed by atoms with Crippen LogP contribution in [0.2, 0.25) is 0 Å². The van der Waals surface area contributed by atoms with E-state index in [2.05, 4.69) is 26.7 Å². The number of nitrogens with one attached hydrogen (secondary N) is 3. The van der Waals surface area contributed by atoms with Gasteiger partial charge >= 0.3 is 0 Å². The smallest absolute Gasteiger partial charge is 0.277 e. The van der Waals surface area contributed by atoms with E-state index in [-0.39, 0.29) is 33.8 Å². The Morgan fingerprint density at radius 1 is 1.23 bits per heavy atom. The van der Waals surface area contributed by atoms with Crippen molar-refractivity contribution in [3.05, 3.63) is 43.9 Å². The molecular formula is C24H30N6O4S. The van der Waals surface area contributed by atoms with Crippen molar-refractivity contribution in [2.45, 2.75) is 53.6 Å². The fourth-order valence-electron chi connectivity index (χ4n) is 2.64. The summed E-state index contributed by atoms with van der Waals surface area (Å²) in [6.07, 6.45) is 1.40. The predicted octanol–water partition coefficient (Wildman–Crippen LogP) is 0.876. The van der Waals surface area contributed by atoms with Crippen molar-refractivity contribution in [2.24, 2.45) is 5.41 Å². The number of amides is 2. The molecular weight excluding hydrogens is 468 g/mol. The van der Waals surface area contributed by atoms with Crippen LogP contribution in [0.25, 0.3) is 11.3 Å². The van der Waals surface area contributed by atoms with Crippen LogP contribution in [0, 0.1) is 16.7 Å². The number of aliphatic hydroxyl groups is 1. The van der Waals surface area contributed by atoms with Crippen LogP contribution in [-0.4, -0.2) is 38.6 Å². The lowest BCUT2D eigenvalue weighted by atomic mass is 9.96. The number of carbonyl (C=O) groups excluding carboxylic acids is 2. The van der Waals surface area contributed by atoms with Crippen molar-refractivity contribution >= 4 is 46.1 Å². The second kappa shape index (κ2) is 11.1. The molecule has 11 heteroatoms. The summed E-state index contributed by atoms with van der Waals surface area (Å²) < 4.78 is 1.71. The molecule has 0 saturated heterocycles. The van der Waals surface area contributed by atoms with E-state index in [9.17, 15) is 24.8 Å². The molecule has 0 aliphatic carbocycles. The molecule has 0 aliphatic rings. The lowest BCUT2D eigenvalue weighted by Crippen LogP contribution is -2.47. The third kappa shape index (κ3) is 7.13. The maximum absolute atomic E-state index is 12.8. The van der Waals surface area contributed by atoms with Gasteiger partial charge in [-0.15, -0.1) is 11.3 Å². The molecule has 0 radical (unpaired) electrons. The number of aromatic nitrogens is 2. The van der Waals surface area contributed by atoms with Gasteiger partial charge in [0, 0.05) is 18.2 Å². The van der Waals surface area contributed by atoms with E-state index < -0.39 is 22.4 Å². The minimum atomic E-state index is -0.930. The second-order valence-corrected chi connectivity index (χ2v) is 10.3. The maximum Gasteiger partial charge on any atom is 0.277 e. The summed E-state index contributed by atoms with van der Waals surface area (Å²) in [7, 11) is 0. The molecule has 2 aromatic rings. The predicted molar refractivity (Wildman–Crippen MR) is 136 cm³/mol. The van der Waals surface area contributed by atoms with Crippen LogP contribution in [0.5, 0.6) is 0 Å². The summed E-state index contributed by atoms with van der Waals surface area (Å²) in [5.74, 6) is -0.0553. The number of carbonyl (C=O) groups is 2. The summed E-state index contributed by atoms with van der Waals surface area (Å²) in [5, 5.41) is 27.2. The summed E-state index contributed by atoms with van der Waals surface area (Å²) in [6, 6.07) is 6.93. The Bertz CT molecular complexity index is 1370. The SMILES string of the molecule is CCn1c(=O)c(=C=CNc2cccc(NC(=O)C(C)(C)C)n2)s/c1=C(/C#N)C(=O)NC(C)(C)CO. The number of anilines is 2. The Morgan fingerprint density at radius 2 is 1.89 bits per heavy atom. The zero-order chi connectivity index (χ0) is 26.4.